The molecule has 0 saturated carbocycles. The van der Waals surface area contributed by atoms with Gasteiger partial charge >= 0.3 is 0 Å². The first kappa shape index (κ1) is 17.9. The molecule has 1 heterocycles. The summed E-state index contributed by atoms with van der Waals surface area (Å²) in [6, 6.07) is 10.8. The molecule has 0 aliphatic heterocycles. The van der Waals surface area contributed by atoms with Crippen molar-refractivity contribution in [2.24, 2.45) is 0 Å². The molecule has 0 amide bonds. The van der Waals surface area contributed by atoms with Gasteiger partial charge in [0.2, 0.25) is 5.89 Å². The van der Waals surface area contributed by atoms with Gasteiger partial charge in [-0.25, -0.2) is 0 Å². The van der Waals surface area contributed by atoms with Gasteiger partial charge in [0.1, 0.15) is 0 Å². The van der Waals surface area contributed by atoms with E-state index in [-0.39, 0.29) is 11.0 Å². The van der Waals surface area contributed by atoms with Gasteiger partial charge < -0.3 is 13.9 Å². The third-order valence-electron chi connectivity index (χ3n) is 4.33. The molecule has 8 heteroatoms. The Hall–Kier alpha value is -2.51. The first-order valence-electron chi connectivity index (χ1n) is 8.15. The average Bonchev–Trinajstić information content (AvgIpc) is 3.26. The summed E-state index contributed by atoms with van der Waals surface area (Å²) in [5.74, 6) is 1.48. The Balaban J connectivity index is 1.56. The van der Waals surface area contributed by atoms with Crippen LogP contribution in [0.5, 0.6) is 11.5 Å². The minimum atomic E-state index is -0.337. The van der Waals surface area contributed by atoms with Gasteiger partial charge in [-0.05, 0) is 36.2 Å². The van der Waals surface area contributed by atoms with E-state index in [0.29, 0.717) is 45.2 Å². The van der Waals surface area contributed by atoms with Gasteiger partial charge in [0.25, 0.3) is 5.22 Å². The summed E-state index contributed by atoms with van der Waals surface area (Å²) in [7, 11) is 3.12. The number of nitrogens with zero attached hydrogens (tertiary/aromatic N) is 2. The molecule has 0 radical (unpaired) electrons. The molecule has 27 heavy (non-hydrogen) atoms. The molecule has 1 aliphatic rings. The Bertz CT molecular complexity index is 1020. The second-order valence-electron chi connectivity index (χ2n) is 5.89. The molecule has 1 unspecified atom stereocenters. The highest BCUT2D eigenvalue weighted by atomic mass is 35.5. The lowest BCUT2D eigenvalue weighted by atomic mass is 10.1. The van der Waals surface area contributed by atoms with Gasteiger partial charge in [-0.1, -0.05) is 35.5 Å². The van der Waals surface area contributed by atoms with Crippen LogP contribution in [0.25, 0.3) is 11.5 Å². The predicted octanol–water partition coefficient (Wildman–Crippen LogP) is 4.31. The lowest BCUT2D eigenvalue weighted by Crippen LogP contribution is -2.11. The molecule has 4 rings (SSSR count). The van der Waals surface area contributed by atoms with Gasteiger partial charge in [0.15, 0.2) is 17.3 Å². The molecule has 3 aromatic rings. The number of methoxy groups -OCH3 is 2. The highest BCUT2D eigenvalue weighted by Crippen LogP contribution is 2.40. The predicted molar refractivity (Wildman–Crippen MR) is 102 cm³/mol. The van der Waals surface area contributed by atoms with Crippen LogP contribution in [-0.2, 0) is 6.42 Å². The molecule has 2 aromatic carbocycles. The Morgan fingerprint density at radius 1 is 1.11 bits per heavy atom. The van der Waals surface area contributed by atoms with Crippen LogP contribution in [0.3, 0.4) is 0 Å². The van der Waals surface area contributed by atoms with Crippen molar-refractivity contribution in [2.75, 3.05) is 14.2 Å². The highest BCUT2D eigenvalue weighted by Gasteiger charge is 2.34. The average molecular weight is 403 g/mol. The number of Topliss-reactive ketones (excluding diaryl/α,β-unsaturated/α-hetero) is 1. The summed E-state index contributed by atoms with van der Waals surface area (Å²) >= 11 is 7.42. The lowest BCUT2D eigenvalue weighted by Gasteiger charge is -2.09. The minimum absolute atomic E-state index is 0.00782. The molecule has 6 nitrogen and oxygen atoms in total. The topological polar surface area (TPSA) is 74.5 Å². The van der Waals surface area contributed by atoms with Gasteiger partial charge in [0.05, 0.1) is 30.1 Å². The molecular weight excluding hydrogens is 388 g/mol. The van der Waals surface area contributed by atoms with Crippen molar-refractivity contribution >= 4 is 29.1 Å². The molecule has 1 aliphatic carbocycles. The molecule has 0 N–H and O–H groups in total. The second-order valence-corrected chi connectivity index (χ2v) is 7.45. The number of thioether (sulfide) groups is 1. The van der Waals surface area contributed by atoms with Crippen molar-refractivity contribution in [1.29, 1.82) is 0 Å². The van der Waals surface area contributed by atoms with E-state index in [1.807, 2.05) is 18.2 Å². The van der Waals surface area contributed by atoms with Crippen molar-refractivity contribution in [3.8, 4) is 23.0 Å². The number of hydrogen-bond acceptors (Lipinski definition) is 7. The van der Waals surface area contributed by atoms with E-state index in [0.717, 1.165) is 5.56 Å². The Kier molecular flexibility index (Phi) is 4.80. The molecular formula is C19H15ClN2O4S. The van der Waals surface area contributed by atoms with Crippen LogP contribution in [0, 0.1) is 0 Å². The summed E-state index contributed by atoms with van der Waals surface area (Å²) in [6.07, 6.45) is 0.559. The van der Waals surface area contributed by atoms with E-state index < -0.39 is 0 Å². The Morgan fingerprint density at radius 2 is 1.85 bits per heavy atom. The largest absolute Gasteiger partial charge is 0.493 e. The fraction of sp³-hybridized carbons (Fsp3) is 0.211. The van der Waals surface area contributed by atoms with Gasteiger partial charge in [-0.15, -0.1) is 10.2 Å². The number of halogens is 1. The van der Waals surface area contributed by atoms with Crippen LogP contribution in [0.4, 0.5) is 0 Å². The van der Waals surface area contributed by atoms with E-state index in [2.05, 4.69) is 10.2 Å². The maximum absolute atomic E-state index is 12.8. The molecule has 0 fully saturated rings. The molecule has 0 bridgehead atoms. The number of carbonyl (C=O) groups is 1. The summed E-state index contributed by atoms with van der Waals surface area (Å²) in [5, 5.41) is 8.61. The third kappa shape index (κ3) is 3.28. The Morgan fingerprint density at radius 3 is 2.59 bits per heavy atom. The second kappa shape index (κ2) is 7.25. The number of rotatable bonds is 5. The van der Waals surface area contributed by atoms with Gasteiger partial charge in [-0.3, -0.25) is 4.79 Å². The van der Waals surface area contributed by atoms with E-state index >= 15 is 0 Å². The zero-order valence-electron chi connectivity index (χ0n) is 14.6. The maximum atomic E-state index is 12.8. The molecule has 0 saturated heterocycles. The molecule has 1 atom stereocenters. The number of benzene rings is 2. The standard InChI is InChI=1S/C19H15ClN2O4S/c1-24-14-7-10-8-16(17(23)12(10)9-15(14)25-2)27-19-22-21-18(26-19)11-5-3-4-6-13(11)20/h3-7,9,16H,8H2,1-2H3. The van der Waals surface area contributed by atoms with Crippen LogP contribution in [0.2, 0.25) is 5.02 Å². The third-order valence-corrected chi connectivity index (χ3v) is 5.69. The maximum Gasteiger partial charge on any atom is 0.277 e. The quantitative estimate of drug-likeness (QED) is 0.629. The smallest absolute Gasteiger partial charge is 0.277 e. The van der Waals surface area contributed by atoms with Crippen LogP contribution in [-0.4, -0.2) is 35.5 Å². The fourth-order valence-corrected chi connectivity index (χ4v) is 4.17. The van der Waals surface area contributed by atoms with Crippen molar-refractivity contribution in [3.05, 3.63) is 52.5 Å². The minimum Gasteiger partial charge on any atom is -0.493 e. The highest BCUT2D eigenvalue weighted by molar-refractivity contribution is 8.00. The number of hydrogen-bond donors (Lipinski definition) is 0. The van der Waals surface area contributed by atoms with Crippen molar-refractivity contribution < 1.29 is 18.7 Å². The monoisotopic (exact) mass is 402 g/mol. The summed E-state index contributed by atoms with van der Waals surface area (Å²) < 4.78 is 16.3. The van der Waals surface area contributed by atoms with Gasteiger partial charge in [-0.2, -0.15) is 0 Å². The lowest BCUT2D eigenvalue weighted by molar-refractivity contribution is 0.0999. The van der Waals surface area contributed by atoms with Crippen molar-refractivity contribution in [1.82, 2.24) is 10.2 Å². The zero-order chi connectivity index (χ0) is 19.0. The molecule has 1 aromatic heterocycles. The number of aromatic nitrogens is 2. The van der Waals surface area contributed by atoms with E-state index in [1.165, 1.54) is 11.8 Å². The van der Waals surface area contributed by atoms with Crippen LogP contribution in [0.15, 0.2) is 46.0 Å². The zero-order valence-corrected chi connectivity index (χ0v) is 16.1. The first-order valence-corrected chi connectivity index (χ1v) is 9.40. The number of ketones is 1. The number of ether oxygens (including phenoxy) is 2. The van der Waals surface area contributed by atoms with Crippen molar-refractivity contribution in [3.63, 3.8) is 0 Å². The van der Waals surface area contributed by atoms with E-state index in [1.54, 1.807) is 32.4 Å². The summed E-state index contributed by atoms with van der Waals surface area (Å²) in [6.45, 7) is 0. The van der Waals surface area contributed by atoms with E-state index in [9.17, 15) is 4.79 Å². The SMILES string of the molecule is COc1cc2c(cc1OC)C(=O)C(Sc1nnc(-c3ccccc3Cl)o1)C2. The first-order chi connectivity index (χ1) is 13.1. The summed E-state index contributed by atoms with van der Waals surface area (Å²) in [5.41, 5.74) is 2.21. The van der Waals surface area contributed by atoms with Crippen LogP contribution < -0.4 is 9.47 Å². The number of carbonyl (C=O) groups excluding carboxylic acids is 1. The number of fused-ring (bicyclic) bond motifs is 1. The van der Waals surface area contributed by atoms with Gasteiger partial charge in [0, 0.05) is 5.56 Å². The molecule has 0 spiro atoms. The fourth-order valence-electron chi connectivity index (χ4n) is 3.00. The normalized spacial score (nSPS) is 15.7. The van der Waals surface area contributed by atoms with Crippen molar-refractivity contribution in [2.45, 2.75) is 16.9 Å². The van der Waals surface area contributed by atoms with Crippen LogP contribution >= 0.6 is 23.4 Å². The van der Waals surface area contributed by atoms with E-state index in [4.69, 9.17) is 25.5 Å². The Labute approximate surface area is 164 Å². The van der Waals surface area contributed by atoms with Crippen LogP contribution in [0.1, 0.15) is 15.9 Å². The summed E-state index contributed by atoms with van der Waals surface area (Å²) in [4.78, 5) is 12.8. The molecule has 138 valence electrons.